The van der Waals surface area contributed by atoms with E-state index in [4.69, 9.17) is 0 Å². The first kappa shape index (κ1) is 16.2. The number of hydrogen-bond donors (Lipinski definition) is 1. The predicted octanol–water partition coefficient (Wildman–Crippen LogP) is 1.44. The maximum atomic E-state index is 12.4. The van der Waals surface area contributed by atoms with Gasteiger partial charge in [0.2, 0.25) is 0 Å². The molecule has 2 aromatic rings. The Morgan fingerprint density at radius 3 is 3.04 bits per heavy atom. The molecule has 23 heavy (non-hydrogen) atoms. The van der Waals surface area contributed by atoms with E-state index in [0.29, 0.717) is 18.2 Å². The van der Waals surface area contributed by atoms with Crippen molar-refractivity contribution < 1.29 is 4.79 Å². The van der Waals surface area contributed by atoms with Gasteiger partial charge in [-0.1, -0.05) is 11.8 Å². The van der Waals surface area contributed by atoms with E-state index in [0.717, 1.165) is 11.3 Å². The van der Waals surface area contributed by atoms with Crippen LogP contribution in [0.1, 0.15) is 22.0 Å². The Morgan fingerprint density at radius 1 is 1.52 bits per heavy atom. The molecule has 0 unspecified atom stereocenters. The number of likely N-dealkylation sites (N-methyl/N-ethyl adjacent to an activating group) is 1. The summed E-state index contributed by atoms with van der Waals surface area (Å²) in [7, 11) is 3.94. The average molecular weight is 350 g/mol. The number of hydrogen-bond acceptors (Lipinski definition) is 6. The van der Waals surface area contributed by atoms with Crippen LogP contribution in [-0.4, -0.2) is 46.8 Å². The predicted molar refractivity (Wildman–Crippen MR) is 92.3 cm³/mol. The second kappa shape index (κ2) is 6.86. The maximum Gasteiger partial charge on any atom is 0.267 e. The van der Waals surface area contributed by atoms with Crippen molar-refractivity contribution in [3.8, 4) is 0 Å². The first-order valence-corrected chi connectivity index (χ1v) is 9.20. The Hall–Kier alpha value is -1.64. The van der Waals surface area contributed by atoms with Crippen LogP contribution in [0.15, 0.2) is 33.0 Å². The van der Waals surface area contributed by atoms with Crippen molar-refractivity contribution >= 4 is 29.0 Å². The average Bonchev–Trinajstić information content (AvgIpc) is 3.18. The lowest BCUT2D eigenvalue weighted by atomic mass is 10.1. The molecular weight excluding hydrogens is 332 g/mol. The van der Waals surface area contributed by atoms with Crippen LogP contribution in [0.2, 0.25) is 0 Å². The molecule has 0 aliphatic carbocycles. The van der Waals surface area contributed by atoms with Crippen molar-refractivity contribution in [3.05, 3.63) is 44.5 Å². The summed E-state index contributed by atoms with van der Waals surface area (Å²) >= 11 is 3.16. The normalized spacial score (nSPS) is 14.7. The lowest BCUT2D eigenvalue weighted by Crippen LogP contribution is -2.38. The minimum absolute atomic E-state index is 0.0749. The molecule has 0 bridgehead atoms. The fraction of sp³-hybridized carbons (Fsp3) is 0.400. The molecule has 1 aliphatic heterocycles. The third-order valence-corrected chi connectivity index (χ3v) is 5.48. The zero-order valence-corrected chi connectivity index (χ0v) is 14.6. The summed E-state index contributed by atoms with van der Waals surface area (Å²) < 4.78 is 1.57. The first-order valence-electron chi connectivity index (χ1n) is 7.27. The summed E-state index contributed by atoms with van der Waals surface area (Å²) in [5.41, 5.74) is 1.01. The van der Waals surface area contributed by atoms with Crippen molar-refractivity contribution in [2.45, 2.75) is 17.7 Å². The number of aromatic nitrogens is 2. The second-order valence-corrected chi connectivity index (χ2v) is 7.35. The molecule has 8 heteroatoms. The third-order valence-electron chi connectivity index (χ3n) is 3.81. The standard InChI is InChI=1S/C15H18N4O2S2/c1-18(2)12(10-3-5-22-9-10)8-16-13(20)11-7-17-15-19(14(11)21)4-6-23-15/h3,5,7,9,12H,4,6,8H2,1-2H3,(H,16,20)/t12-/m1/s1. The van der Waals surface area contributed by atoms with E-state index in [2.05, 4.69) is 15.7 Å². The van der Waals surface area contributed by atoms with Gasteiger partial charge in [0.15, 0.2) is 5.16 Å². The highest BCUT2D eigenvalue weighted by molar-refractivity contribution is 7.99. The van der Waals surface area contributed by atoms with Crippen LogP contribution >= 0.6 is 23.1 Å². The Morgan fingerprint density at radius 2 is 2.35 bits per heavy atom. The molecule has 1 N–H and O–H groups in total. The minimum atomic E-state index is -0.364. The summed E-state index contributed by atoms with van der Waals surface area (Å²) in [5.74, 6) is 0.463. The quantitative estimate of drug-likeness (QED) is 0.827. The summed E-state index contributed by atoms with van der Waals surface area (Å²) in [6.45, 7) is 1.06. The Labute approximate surface area is 142 Å². The summed E-state index contributed by atoms with van der Waals surface area (Å²) in [6.07, 6.45) is 1.39. The number of fused-ring (bicyclic) bond motifs is 1. The number of thioether (sulfide) groups is 1. The highest BCUT2D eigenvalue weighted by atomic mass is 32.2. The molecule has 2 aromatic heterocycles. The second-order valence-electron chi connectivity index (χ2n) is 5.51. The smallest absolute Gasteiger partial charge is 0.267 e. The van der Waals surface area contributed by atoms with Gasteiger partial charge in [0.1, 0.15) is 5.56 Å². The highest BCUT2D eigenvalue weighted by Gasteiger charge is 2.21. The molecular formula is C15H18N4O2S2. The van der Waals surface area contributed by atoms with Crippen LogP contribution in [0.3, 0.4) is 0 Å². The Kier molecular flexibility index (Phi) is 4.84. The van der Waals surface area contributed by atoms with Gasteiger partial charge in [0.25, 0.3) is 11.5 Å². The number of carbonyl (C=O) groups is 1. The molecule has 3 heterocycles. The summed E-state index contributed by atoms with van der Waals surface area (Å²) in [6, 6.07) is 2.12. The summed E-state index contributed by atoms with van der Waals surface area (Å²) in [4.78, 5) is 31.0. The lowest BCUT2D eigenvalue weighted by Gasteiger charge is -2.23. The highest BCUT2D eigenvalue weighted by Crippen LogP contribution is 2.21. The zero-order chi connectivity index (χ0) is 16.4. The van der Waals surface area contributed by atoms with Crippen molar-refractivity contribution in [1.29, 1.82) is 0 Å². The van der Waals surface area contributed by atoms with E-state index in [1.807, 2.05) is 30.4 Å². The molecule has 3 rings (SSSR count). The van der Waals surface area contributed by atoms with Crippen LogP contribution in [0.5, 0.6) is 0 Å². The van der Waals surface area contributed by atoms with Crippen LogP contribution in [0, 0.1) is 0 Å². The number of amides is 1. The van der Waals surface area contributed by atoms with Crippen LogP contribution < -0.4 is 10.9 Å². The molecule has 0 fully saturated rings. The number of nitrogens with one attached hydrogen (secondary N) is 1. The van der Waals surface area contributed by atoms with Gasteiger partial charge in [-0.25, -0.2) is 4.98 Å². The van der Waals surface area contributed by atoms with Gasteiger partial charge < -0.3 is 10.2 Å². The maximum absolute atomic E-state index is 12.4. The minimum Gasteiger partial charge on any atom is -0.350 e. The largest absolute Gasteiger partial charge is 0.350 e. The molecule has 1 amide bonds. The fourth-order valence-corrected chi connectivity index (χ4v) is 4.14. The van der Waals surface area contributed by atoms with Gasteiger partial charge in [0.05, 0.1) is 6.04 Å². The molecule has 0 spiro atoms. The molecule has 0 radical (unpaired) electrons. The van der Waals surface area contributed by atoms with E-state index in [1.165, 1.54) is 18.0 Å². The fourth-order valence-electron chi connectivity index (χ4n) is 2.52. The van der Waals surface area contributed by atoms with Crippen molar-refractivity contribution in [1.82, 2.24) is 19.8 Å². The van der Waals surface area contributed by atoms with Gasteiger partial charge >= 0.3 is 0 Å². The topological polar surface area (TPSA) is 67.2 Å². The molecule has 122 valence electrons. The summed E-state index contributed by atoms with van der Waals surface area (Å²) in [5, 5.41) is 7.64. The zero-order valence-electron chi connectivity index (χ0n) is 13.0. The van der Waals surface area contributed by atoms with E-state index in [1.54, 1.807) is 15.9 Å². The van der Waals surface area contributed by atoms with Gasteiger partial charge in [-0.05, 0) is 36.5 Å². The lowest BCUT2D eigenvalue weighted by molar-refractivity contribution is 0.0939. The Balaban J connectivity index is 1.74. The number of rotatable bonds is 5. The van der Waals surface area contributed by atoms with E-state index < -0.39 is 0 Å². The van der Waals surface area contributed by atoms with Crippen molar-refractivity contribution in [2.75, 3.05) is 26.4 Å². The molecule has 0 saturated heterocycles. The molecule has 6 nitrogen and oxygen atoms in total. The third kappa shape index (κ3) is 3.34. The van der Waals surface area contributed by atoms with Crippen LogP contribution in [0.4, 0.5) is 0 Å². The SMILES string of the molecule is CN(C)[C@H](CNC(=O)c1cnc2n(c1=O)CCS2)c1ccsc1. The number of nitrogens with zero attached hydrogens (tertiary/aromatic N) is 3. The van der Waals surface area contributed by atoms with Crippen molar-refractivity contribution in [2.24, 2.45) is 0 Å². The molecule has 0 saturated carbocycles. The van der Waals surface area contributed by atoms with Crippen LogP contribution in [0.25, 0.3) is 0 Å². The first-order chi connectivity index (χ1) is 11.1. The van der Waals surface area contributed by atoms with E-state index >= 15 is 0 Å². The van der Waals surface area contributed by atoms with Gasteiger partial charge in [-0.3, -0.25) is 14.2 Å². The molecule has 0 aromatic carbocycles. The van der Waals surface area contributed by atoms with E-state index in [9.17, 15) is 9.59 Å². The van der Waals surface area contributed by atoms with Gasteiger partial charge in [-0.15, -0.1) is 0 Å². The van der Waals surface area contributed by atoms with Crippen molar-refractivity contribution in [3.63, 3.8) is 0 Å². The monoisotopic (exact) mass is 350 g/mol. The Bertz CT molecular complexity index is 755. The van der Waals surface area contributed by atoms with Gasteiger partial charge in [-0.2, -0.15) is 11.3 Å². The van der Waals surface area contributed by atoms with Gasteiger partial charge in [0, 0.05) is 25.0 Å². The molecule has 1 aliphatic rings. The van der Waals surface area contributed by atoms with Crippen LogP contribution in [-0.2, 0) is 6.54 Å². The number of carbonyl (C=O) groups excluding carboxylic acids is 1. The molecule has 1 atom stereocenters. The van der Waals surface area contributed by atoms with E-state index in [-0.39, 0.29) is 23.1 Å². The number of thiophene rings is 1.